The Morgan fingerprint density at radius 2 is 1.78 bits per heavy atom. The maximum absolute atomic E-state index is 12.2. The van der Waals surface area contributed by atoms with E-state index in [1.165, 1.54) is 4.90 Å². The zero-order chi connectivity index (χ0) is 13.4. The summed E-state index contributed by atoms with van der Waals surface area (Å²) in [7, 11) is 0. The summed E-state index contributed by atoms with van der Waals surface area (Å²) in [6.45, 7) is 7.88. The summed E-state index contributed by atoms with van der Waals surface area (Å²) in [5.41, 5.74) is 1.78. The van der Waals surface area contributed by atoms with E-state index in [0.717, 1.165) is 12.0 Å². The molecule has 0 saturated heterocycles. The zero-order valence-electron chi connectivity index (χ0n) is 11.2. The summed E-state index contributed by atoms with van der Waals surface area (Å²) >= 11 is 0. The standard InChI is InChI=1S/C15H17NO2/c1-9(2)7-11-5-6-12-13(8-11)15(18)16(10(3)4)14(12)17/h8-10H,7H2,1-4H3. The lowest BCUT2D eigenvalue weighted by Gasteiger charge is -2.17. The number of nitrogens with zero attached hydrogens (tertiary/aromatic N) is 1. The van der Waals surface area contributed by atoms with Crippen molar-refractivity contribution >= 4 is 11.8 Å². The molecule has 0 aliphatic carbocycles. The first-order chi connectivity index (χ1) is 8.41. The van der Waals surface area contributed by atoms with E-state index < -0.39 is 0 Å². The molecule has 0 N–H and O–H groups in total. The van der Waals surface area contributed by atoms with Crippen LogP contribution in [0.1, 0.15) is 54.0 Å². The number of hydrogen-bond acceptors (Lipinski definition) is 2. The summed E-state index contributed by atoms with van der Waals surface area (Å²) in [4.78, 5) is 25.5. The highest BCUT2D eigenvalue weighted by Gasteiger charge is 2.37. The molecule has 0 saturated carbocycles. The zero-order valence-corrected chi connectivity index (χ0v) is 11.2. The van der Waals surface area contributed by atoms with Crippen LogP contribution < -0.4 is 0 Å². The molecular formula is C15H17NO2. The molecule has 0 spiro atoms. The molecule has 1 aromatic rings. The van der Waals surface area contributed by atoms with E-state index in [2.05, 4.69) is 26.0 Å². The van der Waals surface area contributed by atoms with Crippen LogP contribution in [0.2, 0.25) is 0 Å². The Kier molecular flexibility index (Phi) is 3.13. The Balaban J connectivity index is 2.40. The summed E-state index contributed by atoms with van der Waals surface area (Å²) < 4.78 is 0. The van der Waals surface area contributed by atoms with Gasteiger partial charge < -0.3 is 0 Å². The van der Waals surface area contributed by atoms with Gasteiger partial charge in [0.15, 0.2) is 0 Å². The quantitative estimate of drug-likeness (QED) is 0.765. The summed E-state index contributed by atoms with van der Waals surface area (Å²) in [6.07, 6.45) is 0.840. The Labute approximate surface area is 108 Å². The number of imide groups is 1. The van der Waals surface area contributed by atoms with Crippen molar-refractivity contribution in [2.24, 2.45) is 5.92 Å². The highest BCUT2D eigenvalue weighted by molar-refractivity contribution is 6.21. The van der Waals surface area contributed by atoms with Crippen LogP contribution in [0.5, 0.6) is 0 Å². The van der Waals surface area contributed by atoms with Gasteiger partial charge in [-0.05, 0) is 32.3 Å². The van der Waals surface area contributed by atoms with Crippen LogP contribution in [0.4, 0.5) is 0 Å². The maximum Gasteiger partial charge on any atom is 0.270 e. The first-order valence-electron chi connectivity index (χ1n) is 6.26. The van der Waals surface area contributed by atoms with E-state index in [0.29, 0.717) is 17.0 Å². The van der Waals surface area contributed by atoms with Crippen LogP contribution in [0.15, 0.2) is 6.07 Å². The monoisotopic (exact) mass is 243 g/mol. The van der Waals surface area contributed by atoms with E-state index in [1.807, 2.05) is 13.8 Å². The minimum atomic E-state index is -0.252. The third-order valence-electron chi connectivity index (χ3n) is 2.96. The van der Waals surface area contributed by atoms with Gasteiger partial charge in [0.1, 0.15) is 5.56 Å². The highest BCUT2D eigenvalue weighted by atomic mass is 16.2. The Morgan fingerprint density at radius 3 is 2.33 bits per heavy atom. The van der Waals surface area contributed by atoms with Gasteiger partial charge in [-0.2, -0.15) is 0 Å². The first-order valence-corrected chi connectivity index (χ1v) is 6.26. The molecule has 0 atom stereocenters. The maximum atomic E-state index is 12.2. The molecule has 0 unspecified atom stereocenters. The molecule has 2 amide bonds. The van der Waals surface area contributed by atoms with Crippen LogP contribution in [0, 0.1) is 18.1 Å². The summed E-state index contributed by atoms with van der Waals surface area (Å²) in [6, 6.07) is 7.50. The predicted molar refractivity (Wildman–Crippen MR) is 68.3 cm³/mol. The minimum absolute atomic E-state index is 0.126. The van der Waals surface area contributed by atoms with Crippen LogP contribution in [0.3, 0.4) is 0 Å². The van der Waals surface area contributed by atoms with Gasteiger partial charge in [0.2, 0.25) is 0 Å². The lowest BCUT2D eigenvalue weighted by molar-refractivity contribution is 0.0609. The van der Waals surface area contributed by atoms with E-state index >= 15 is 0 Å². The van der Waals surface area contributed by atoms with Gasteiger partial charge in [0, 0.05) is 11.6 Å². The van der Waals surface area contributed by atoms with Gasteiger partial charge in [-0.15, -0.1) is 0 Å². The van der Waals surface area contributed by atoms with Crippen molar-refractivity contribution < 1.29 is 9.59 Å². The molecule has 0 fully saturated rings. The average Bonchev–Trinajstić information content (AvgIpc) is 2.50. The topological polar surface area (TPSA) is 37.4 Å². The van der Waals surface area contributed by atoms with Crippen molar-refractivity contribution in [3.8, 4) is 0 Å². The van der Waals surface area contributed by atoms with Crippen molar-refractivity contribution in [1.29, 1.82) is 0 Å². The normalized spacial score (nSPS) is 14.4. The van der Waals surface area contributed by atoms with Crippen LogP contribution >= 0.6 is 0 Å². The predicted octanol–water partition coefficient (Wildman–Crippen LogP) is 2.49. The van der Waals surface area contributed by atoms with Gasteiger partial charge in [-0.1, -0.05) is 26.0 Å². The van der Waals surface area contributed by atoms with Gasteiger partial charge in [0.05, 0.1) is 5.56 Å². The molecule has 18 heavy (non-hydrogen) atoms. The lowest BCUT2D eigenvalue weighted by atomic mass is 10.0. The number of amides is 2. The number of carbonyl (C=O) groups excluding carboxylic acids is 2. The lowest BCUT2D eigenvalue weighted by Crippen LogP contribution is -2.35. The molecule has 3 heteroatoms. The molecule has 1 aliphatic rings. The highest BCUT2D eigenvalue weighted by Crippen LogP contribution is 2.24. The second-order valence-corrected chi connectivity index (χ2v) is 5.38. The summed E-state index contributed by atoms with van der Waals surface area (Å²) in [5, 5.41) is 0. The molecule has 1 heterocycles. The van der Waals surface area contributed by atoms with Gasteiger partial charge >= 0.3 is 0 Å². The van der Waals surface area contributed by atoms with Crippen molar-refractivity contribution in [1.82, 2.24) is 4.90 Å². The molecule has 2 rings (SSSR count). The third kappa shape index (κ3) is 1.99. The number of fused-ring (bicyclic) bond motifs is 1. The van der Waals surface area contributed by atoms with E-state index in [1.54, 1.807) is 6.07 Å². The summed E-state index contributed by atoms with van der Waals surface area (Å²) in [5.74, 6) is 0.0266. The van der Waals surface area contributed by atoms with Gasteiger partial charge in [0.25, 0.3) is 11.8 Å². The molecule has 3 nitrogen and oxygen atoms in total. The average molecular weight is 243 g/mol. The van der Waals surface area contributed by atoms with E-state index in [-0.39, 0.29) is 17.9 Å². The number of rotatable bonds is 3. The van der Waals surface area contributed by atoms with Crippen molar-refractivity contribution in [3.05, 3.63) is 34.9 Å². The smallest absolute Gasteiger partial charge is 0.270 e. The van der Waals surface area contributed by atoms with Gasteiger partial charge in [-0.25, -0.2) is 0 Å². The molecule has 1 aromatic carbocycles. The molecular weight excluding hydrogens is 226 g/mol. The van der Waals surface area contributed by atoms with Crippen molar-refractivity contribution in [3.63, 3.8) is 0 Å². The van der Waals surface area contributed by atoms with Crippen molar-refractivity contribution in [2.45, 2.75) is 40.2 Å². The third-order valence-corrected chi connectivity index (χ3v) is 2.96. The van der Waals surface area contributed by atoms with Gasteiger partial charge in [-0.3, -0.25) is 14.5 Å². The van der Waals surface area contributed by atoms with Crippen LogP contribution in [-0.4, -0.2) is 22.8 Å². The number of hydrogen-bond donors (Lipinski definition) is 0. The van der Waals surface area contributed by atoms with E-state index in [9.17, 15) is 9.59 Å². The second-order valence-electron chi connectivity index (χ2n) is 5.38. The van der Waals surface area contributed by atoms with E-state index in [4.69, 9.17) is 0 Å². The Morgan fingerprint density at radius 1 is 1.11 bits per heavy atom. The fraction of sp³-hybridized carbons (Fsp3) is 0.467. The minimum Gasteiger partial charge on any atom is -0.271 e. The fourth-order valence-electron chi connectivity index (χ4n) is 2.19. The molecule has 0 bridgehead atoms. The van der Waals surface area contributed by atoms with Crippen LogP contribution in [0.25, 0.3) is 0 Å². The van der Waals surface area contributed by atoms with Crippen LogP contribution in [-0.2, 0) is 6.42 Å². The second kappa shape index (κ2) is 4.45. The Hall–Kier alpha value is -1.82. The SMILES string of the molecule is CC(C)Cc1c#cc2c(c1)C(=O)N(C(C)C)C2=O. The molecule has 0 radical (unpaired) electrons. The molecule has 94 valence electrons. The first kappa shape index (κ1) is 12.6. The number of carbonyl (C=O) groups is 2. The molecule has 0 aromatic heterocycles. The van der Waals surface area contributed by atoms with Crippen molar-refractivity contribution in [2.75, 3.05) is 0 Å². The fourth-order valence-corrected chi connectivity index (χ4v) is 2.19. The molecule has 1 aliphatic heterocycles. The largest absolute Gasteiger partial charge is 0.271 e. The Bertz CT molecular complexity index is 503.